The predicted octanol–water partition coefficient (Wildman–Crippen LogP) is 1.76. The molecule has 1 saturated heterocycles. The molecule has 0 atom stereocenters. The highest BCUT2D eigenvalue weighted by atomic mass is 16.2. The summed E-state index contributed by atoms with van der Waals surface area (Å²) in [5.74, 6) is 0.604. The summed E-state index contributed by atoms with van der Waals surface area (Å²) in [7, 11) is 0. The number of rotatable bonds is 2. The number of benzene rings is 1. The smallest absolute Gasteiger partial charge is 0.257 e. The number of aromatic amines is 1. The molecule has 1 fully saturated rings. The largest absolute Gasteiger partial charge is 0.337 e. The highest BCUT2D eigenvalue weighted by Crippen LogP contribution is 2.28. The van der Waals surface area contributed by atoms with E-state index in [4.69, 9.17) is 0 Å². The minimum Gasteiger partial charge on any atom is -0.337 e. The first kappa shape index (κ1) is 15.7. The molecular weight excluding hydrogens is 316 g/mol. The summed E-state index contributed by atoms with van der Waals surface area (Å²) in [6, 6.07) is 4.01. The Morgan fingerprint density at radius 1 is 1.12 bits per heavy atom. The topological polar surface area (TPSA) is 86.8 Å². The standard InChI is InChI=1S/C18H20N6O/c1-12-3-4-15-14(11-22-23-15)16(12)17-20-9-13(10-21-17)18(25)24-7-2-5-19-6-8-24/h3-4,9-11,19H,2,5-8H2,1H3,(H,22,23). The van der Waals surface area contributed by atoms with Crippen LogP contribution in [-0.2, 0) is 0 Å². The molecule has 3 heterocycles. The Bertz CT molecular complexity index is 894. The van der Waals surface area contributed by atoms with Crippen molar-refractivity contribution in [1.29, 1.82) is 0 Å². The van der Waals surface area contributed by atoms with Crippen LogP contribution in [0.2, 0.25) is 0 Å². The van der Waals surface area contributed by atoms with Crippen molar-refractivity contribution >= 4 is 16.8 Å². The van der Waals surface area contributed by atoms with Crippen LogP contribution >= 0.6 is 0 Å². The number of hydrogen-bond acceptors (Lipinski definition) is 5. The van der Waals surface area contributed by atoms with E-state index in [2.05, 4.69) is 25.5 Å². The zero-order valence-corrected chi connectivity index (χ0v) is 14.1. The van der Waals surface area contributed by atoms with Gasteiger partial charge in [0.1, 0.15) is 0 Å². The van der Waals surface area contributed by atoms with Crippen LogP contribution in [0.3, 0.4) is 0 Å². The Labute approximate surface area is 145 Å². The molecule has 0 aliphatic carbocycles. The van der Waals surface area contributed by atoms with Gasteiger partial charge in [-0.1, -0.05) is 6.07 Å². The second-order valence-corrected chi connectivity index (χ2v) is 6.28. The summed E-state index contributed by atoms with van der Waals surface area (Å²) >= 11 is 0. The van der Waals surface area contributed by atoms with Gasteiger partial charge in [-0.2, -0.15) is 5.10 Å². The lowest BCUT2D eigenvalue weighted by atomic mass is 10.0. The lowest BCUT2D eigenvalue weighted by Crippen LogP contribution is -2.34. The van der Waals surface area contributed by atoms with Crippen molar-refractivity contribution in [3.8, 4) is 11.4 Å². The lowest BCUT2D eigenvalue weighted by Gasteiger charge is -2.19. The van der Waals surface area contributed by atoms with E-state index in [-0.39, 0.29) is 5.91 Å². The maximum atomic E-state index is 12.6. The van der Waals surface area contributed by atoms with Gasteiger partial charge in [0.2, 0.25) is 0 Å². The third-order valence-corrected chi connectivity index (χ3v) is 4.58. The molecule has 0 unspecified atom stereocenters. The van der Waals surface area contributed by atoms with E-state index in [1.165, 1.54) is 0 Å². The van der Waals surface area contributed by atoms with Gasteiger partial charge < -0.3 is 10.2 Å². The van der Waals surface area contributed by atoms with Crippen LogP contribution in [-0.4, -0.2) is 57.2 Å². The van der Waals surface area contributed by atoms with Crippen molar-refractivity contribution in [2.45, 2.75) is 13.3 Å². The van der Waals surface area contributed by atoms with Crippen LogP contribution in [0.1, 0.15) is 22.3 Å². The van der Waals surface area contributed by atoms with Crippen molar-refractivity contribution in [3.05, 3.63) is 41.9 Å². The van der Waals surface area contributed by atoms with E-state index in [0.29, 0.717) is 17.9 Å². The highest BCUT2D eigenvalue weighted by molar-refractivity contribution is 5.96. The van der Waals surface area contributed by atoms with Crippen molar-refractivity contribution in [2.24, 2.45) is 0 Å². The van der Waals surface area contributed by atoms with Gasteiger partial charge >= 0.3 is 0 Å². The van der Waals surface area contributed by atoms with Crippen LogP contribution in [0.4, 0.5) is 0 Å². The monoisotopic (exact) mass is 336 g/mol. The maximum Gasteiger partial charge on any atom is 0.257 e. The quantitative estimate of drug-likeness (QED) is 0.745. The van der Waals surface area contributed by atoms with Crippen LogP contribution in [0.25, 0.3) is 22.3 Å². The van der Waals surface area contributed by atoms with E-state index < -0.39 is 0 Å². The summed E-state index contributed by atoms with van der Waals surface area (Å²) in [5.41, 5.74) is 3.50. The normalized spacial score (nSPS) is 15.3. The summed E-state index contributed by atoms with van der Waals surface area (Å²) in [6.07, 6.45) is 6.00. The van der Waals surface area contributed by atoms with Crippen LogP contribution in [0.15, 0.2) is 30.7 Å². The fourth-order valence-corrected chi connectivity index (χ4v) is 3.22. The van der Waals surface area contributed by atoms with Gasteiger partial charge in [-0.3, -0.25) is 9.89 Å². The fraction of sp³-hybridized carbons (Fsp3) is 0.333. The molecule has 0 bridgehead atoms. The lowest BCUT2D eigenvalue weighted by molar-refractivity contribution is 0.0765. The SMILES string of the molecule is Cc1ccc2[nH]ncc2c1-c1ncc(C(=O)N2CCCNCC2)cn1. The number of carbonyl (C=O) groups is 1. The average Bonchev–Trinajstić information content (AvgIpc) is 2.94. The first-order chi connectivity index (χ1) is 12.2. The van der Waals surface area contributed by atoms with Gasteiger partial charge in [0, 0.05) is 43.0 Å². The molecule has 128 valence electrons. The van der Waals surface area contributed by atoms with Gasteiger partial charge in [0.05, 0.1) is 17.3 Å². The van der Waals surface area contributed by atoms with E-state index in [1.54, 1.807) is 18.6 Å². The van der Waals surface area contributed by atoms with Gasteiger partial charge in [-0.25, -0.2) is 9.97 Å². The molecule has 1 aromatic carbocycles. The Hall–Kier alpha value is -2.80. The van der Waals surface area contributed by atoms with Crippen molar-refractivity contribution in [3.63, 3.8) is 0 Å². The maximum absolute atomic E-state index is 12.6. The Morgan fingerprint density at radius 2 is 1.96 bits per heavy atom. The van der Waals surface area contributed by atoms with Gasteiger partial charge in [0.15, 0.2) is 5.82 Å². The van der Waals surface area contributed by atoms with Crippen LogP contribution in [0, 0.1) is 6.92 Å². The molecule has 1 aliphatic heterocycles. The Morgan fingerprint density at radius 3 is 2.80 bits per heavy atom. The van der Waals surface area contributed by atoms with Gasteiger partial charge in [-0.05, 0) is 31.5 Å². The number of nitrogens with one attached hydrogen (secondary N) is 2. The second-order valence-electron chi connectivity index (χ2n) is 6.28. The van der Waals surface area contributed by atoms with E-state index >= 15 is 0 Å². The molecule has 1 aliphatic rings. The molecule has 0 saturated carbocycles. The van der Waals surface area contributed by atoms with Gasteiger partial charge in [-0.15, -0.1) is 0 Å². The number of carbonyl (C=O) groups excluding carboxylic acids is 1. The minimum absolute atomic E-state index is 0.00603. The third-order valence-electron chi connectivity index (χ3n) is 4.58. The summed E-state index contributed by atoms with van der Waals surface area (Å²) in [6.45, 7) is 5.28. The molecule has 0 spiro atoms. The molecule has 4 rings (SSSR count). The molecule has 7 nitrogen and oxygen atoms in total. The molecule has 25 heavy (non-hydrogen) atoms. The average molecular weight is 336 g/mol. The number of hydrogen-bond donors (Lipinski definition) is 2. The van der Waals surface area contributed by atoms with E-state index in [9.17, 15) is 4.79 Å². The highest BCUT2D eigenvalue weighted by Gasteiger charge is 2.18. The van der Waals surface area contributed by atoms with E-state index in [0.717, 1.165) is 48.1 Å². The van der Waals surface area contributed by atoms with Crippen molar-refractivity contribution in [2.75, 3.05) is 26.2 Å². The van der Waals surface area contributed by atoms with Crippen LogP contribution < -0.4 is 5.32 Å². The number of aryl methyl sites for hydroxylation is 1. The molecule has 0 radical (unpaired) electrons. The molecule has 2 aromatic heterocycles. The summed E-state index contributed by atoms with van der Waals surface area (Å²) in [4.78, 5) is 23.4. The first-order valence-electron chi connectivity index (χ1n) is 8.49. The number of aromatic nitrogens is 4. The fourth-order valence-electron chi connectivity index (χ4n) is 3.22. The van der Waals surface area contributed by atoms with Crippen molar-refractivity contribution < 1.29 is 4.79 Å². The number of H-pyrrole nitrogens is 1. The second kappa shape index (κ2) is 6.60. The molecule has 2 N–H and O–H groups in total. The molecule has 3 aromatic rings. The Kier molecular flexibility index (Phi) is 4.15. The number of nitrogens with zero attached hydrogens (tertiary/aromatic N) is 4. The summed E-state index contributed by atoms with van der Waals surface area (Å²) < 4.78 is 0. The zero-order valence-electron chi connectivity index (χ0n) is 14.1. The van der Waals surface area contributed by atoms with Gasteiger partial charge in [0.25, 0.3) is 5.91 Å². The van der Waals surface area contributed by atoms with E-state index in [1.807, 2.05) is 24.0 Å². The Balaban J connectivity index is 1.64. The zero-order chi connectivity index (χ0) is 17.2. The molecular formula is C18H20N6O. The number of fused-ring (bicyclic) bond motifs is 1. The minimum atomic E-state index is -0.00603. The number of amides is 1. The van der Waals surface area contributed by atoms with Crippen LogP contribution in [0.5, 0.6) is 0 Å². The first-order valence-corrected chi connectivity index (χ1v) is 8.49. The molecule has 7 heteroatoms. The molecule has 1 amide bonds. The summed E-state index contributed by atoms with van der Waals surface area (Å²) in [5, 5.41) is 11.3. The predicted molar refractivity (Wildman–Crippen MR) is 95.2 cm³/mol. The van der Waals surface area contributed by atoms with Crippen molar-refractivity contribution in [1.82, 2.24) is 30.4 Å². The third kappa shape index (κ3) is 2.98.